The highest BCUT2D eigenvalue weighted by atomic mass is 14.8. The molecule has 2 nitrogen and oxygen atoms in total. The van der Waals surface area contributed by atoms with Crippen LogP contribution in [-0.2, 0) is 0 Å². The van der Waals surface area contributed by atoms with Gasteiger partial charge in [-0.25, -0.2) is 0 Å². The predicted molar refractivity (Wildman–Crippen MR) is 93.5 cm³/mol. The van der Waals surface area contributed by atoms with Crippen LogP contribution in [0.2, 0.25) is 0 Å². The molecule has 2 aromatic carbocycles. The minimum atomic E-state index is 0.415. The summed E-state index contributed by atoms with van der Waals surface area (Å²) in [5, 5.41) is 2.68. The topological polar surface area (TPSA) is 38.4 Å². The Morgan fingerprint density at radius 3 is 2.55 bits per heavy atom. The molecule has 0 spiro atoms. The van der Waals surface area contributed by atoms with Gasteiger partial charge in [0.25, 0.3) is 0 Å². The van der Waals surface area contributed by atoms with E-state index < -0.39 is 0 Å². The number of aliphatic imine (C=N–C) groups is 1. The summed E-state index contributed by atoms with van der Waals surface area (Å²) < 4.78 is 0. The molecule has 2 aromatic rings. The fourth-order valence-corrected chi connectivity index (χ4v) is 3.68. The van der Waals surface area contributed by atoms with Crippen LogP contribution in [0.25, 0.3) is 10.8 Å². The van der Waals surface area contributed by atoms with E-state index in [1.54, 1.807) is 0 Å². The Balaban J connectivity index is 1.40. The van der Waals surface area contributed by atoms with Crippen molar-refractivity contribution in [1.29, 1.82) is 0 Å². The van der Waals surface area contributed by atoms with Gasteiger partial charge in [0.05, 0.1) is 0 Å². The van der Waals surface area contributed by atoms with Gasteiger partial charge in [-0.3, -0.25) is 4.99 Å². The van der Waals surface area contributed by atoms with Gasteiger partial charge in [-0.1, -0.05) is 42.5 Å². The maximum Gasteiger partial charge on any atom is 0.0497 e. The predicted octanol–water partition coefficient (Wildman–Crippen LogP) is 4.28. The van der Waals surface area contributed by atoms with Gasteiger partial charge in [-0.2, -0.15) is 0 Å². The number of nitrogens with zero attached hydrogens (tertiary/aromatic N) is 1. The fraction of sp³-hybridized carbons (Fsp3) is 0.450. The van der Waals surface area contributed by atoms with E-state index in [-0.39, 0.29) is 0 Å². The first-order chi connectivity index (χ1) is 10.8. The SMILES string of the molecule is N[C@H]1CC[C@H](N=CC2C[C@@H]2c2ccc3ccccc3c2)CC1. The average molecular weight is 292 g/mol. The quantitative estimate of drug-likeness (QED) is 0.842. The molecular weight excluding hydrogens is 268 g/mol. The molecule has 0 radical (unpaired) electrons. The molecule has 0 amide bonds. The van der Waals surface area contributed by atoms with Crippen LogP contribution >= 0.6 is 0 Å². The summed E-state index contributed by atoms with van der Waals surface area (Å²) >= 11 is 0. The zero-order chi connectivity index (χ0) is 14.9. The summed E-state index contributed by atoms with van der Waals surface area (Å²) in [5.41, 5.74) is 7.43. The largest absolute Gasteiger partial charge is 0.328 e. The summed E-state index contributed by atoms with van der Waals surface area (Å²) in [6.45, 7) is 0. The molecule has 0 aliphatic heterocycles. The second-order valence-corrected chi connectivity index (χ2v) is 6.98. The summed E-state index contributed by atoms with van der Waals surface area (Å²) in [5.74, 6) is 1.33. The molecule has 2 saturated carbocycles. The van der Waals surface area contributed by atoms with Gasteiger partial charge in [0, 0.05) is 24.2 Å². The second kappa shape index (κ2) is 5.85. The summed E-state index contributed by atoms with van der Waals surface area (Å²) in [7, 11) is 0. The van der Waals surface area contributed by atoms with E-state index >= 15 is 0 Å². The normalized spacial score (nSPS) is 31.7. The van der Waals surface area contributed by atoms with E-state index in [1.807, 2.05) is 0 Å². The van der Waals surface area contributed by atoms with Gasteiger partial charge < -0.3 is 5.73 Å². The molecule has 4 rings (SSSR count). The lowest BCUT2D eigenvalue weighted by atomic mass is 9.92. The van der Waals surface area contributed by atoms with Crippen LogP contribution in [0, 0.1) is 5.92 Å². The minimum Gasteiger partial charge on any atom is -0.328 e. The van der Waals surface area contributed by atoms with Crippen LogP contribution in [0.15, 0.2) is 47.5 Å². The average Bonchev–Trinajstić information content (AvgIpc) is 3.34. The fourth-order valence-electron chi connectivity index (χ4n) is 3.68. The first kappa shape index (κ1) is 14.0. The van der Waals surface area contributed by atoms with Gasteiger partial charge in [0.2, 0.25) is 0 Å². The van der Waals surface area contributed by atoms with E-state index in [4.69, 9.17) is 10.7 Å². The summed E-state index contributed by atoms with van der Waals surface area (Å²) in [6.07, 6.45) is 8.12. The lowest BCUT2D eigenvalue weighted by Crippen LogP contribution is -2.28. The van der Waals surface area contributed by atoms with Crippen molar-refractivity contribution in [2.45, 2.75) is 50.1 Å². The number of nitrogens with two attached hydrogens (primary N) is 1. The molecule has 2 heteroatoms. The third kappa shape index (κ3) is 2.93. The molecule has 1 unspecified atom stereocenters. The van der Waals surface area contributed by atoms with Gasteiger partial charge in [0.1, 0.15) is 0 Å². The minimum absolute atomic E-state index is 0.415. The molecule has 22 heavy (non-hydrogen) atoms. The molecule has 2 aliphatic carbocycles. The molecular formula is C20H24N2. The van der Waals surface area contributed by atoms with E-state index in [9.17, 15) is 0 Å². The number of fused-ring (bicyclic) bond motifs is 1. The lowest BCUT2D eigenvalue weighted by molar-refractivity contribution is 0.396. The zero-order valence-electron chi connectivity index (χ0n) is 13.0. The van der Waals surface area contributed by atoms with Crippen molar-refractivity contribution < 1.29 is 0 Å². The standard InChI is InChI=1S/C20H24N2/c21-18-7-9-19(10-8-18)22-13-17-12-20(17)16-6-5-14-3-1-2-4-15(14)11-16/h1-6,11,13,17-20H,7-10,12,21H2/t17?,18-,19-,20-/m1/s1. The Morgan fingerprint density at radius 2 is 1.73 bits per heavy atom. The van der Waals surface area contributed by atoms with Crippen molar-refractivity contribution in [3.05, 3.63) is 48.0 Å². The first-order valence-electron chi connectivity index (χ1n) is 8.57. The number of hydrogen-bond acceptors (Lipinski definition) is 2. The summed E-state index contributed by atoms with van der Waals surface area (Å²) in [6, 6.07) is 16.4. The molecule has 2 atom stereocenters. The third-order valence-corrected chi connectivity index (χ3v) is 5.27. The Labute approximate surface area is 132 Å². The van der Waals surface area contributed by atoms with Gasteiger partial charge in [0.15, 0.2) is 0 Å². The van der Waals surface area contributed by atoms with E-state index in [0.29, 0.717) is 23.9 Å². The zero-order valence-corrected chi connectivity index (χ0v) is 13.0. The van der Waals surface area contributed by atoms with Crippen LogP contribution < -0.4 is 5.73 Å². The van der Waals surface area contributed by atoms with Crippen LogP contribution in [-0.4, -0.2) is 18.3 Å². The number of benzene rings is 2. The molecule has 2 aliphatic rings. The number of rotatable bonds is 3. The van der Waals surface area contributed by atoms with E-state index in [0.717, 1.165) is 12.8 Å². The molecule has 2 N–H and O–H groups in total. The highest BCUT2D eigenvalue weighted by Crippen LogP contribution is 2.46. The summed E-state index contributed by atoms with van der Waals surface area (Å²) in [4.78, 5) is 4.84. The molecule has 114 valence electrons. The molecule has 2 fully saturated rings. The van der Waals surface area contributed by atoms with Crippen LogP contribution in [0.5, 0.6) is 0 Å². The smallest absolute Gasteiger partial charge is 0.0497 e. The van der Waals surface area contributed by atoms with Crippen molar-refractivity contribution in [2.75, 3.05) is 0 Å². The van der Waals surface area contributed by atoms with Gasteiger partial charge in [-0.05, 0) is 54.4 Å². The van der Waals surface area contributed by atoms with Crippen molar-refractivity contribution in [1.82, 2.24) is 0 Å². The Hall–Kier alpha value is -1.67. The Bertz CT molecular complexity index is 683. The van der Waals surface area contributed by atoms with Crippen molar-refractivity contribution in [2.24, 2.45) is 16.6 Å². The van der Waals surface area contributed by atoms with E-state index in [2.05, 4.69) is 48.7 Å². The van der Waals surface area contributed by atoms with Gasteiger partial charge in [-0.15, -0.1) is 0 Å². The highest BCUT2D eigenvalue weighted by Gasteiger charge is 2.37. The highest BCUT2D eigenvalue weighted by molar-refractivity contribution is 5.83. The van der Waals surface area contributed by atoms with Crippen LogP contribution in [0.4, 0.5) is 0 Å². The molecule has 0 bridgehead atoms. The van der Waals surface area contributed by atoms with E-state index in [1.165, 1.54) is 35.6 Å². The molecule has 0 aromatic heterocycles. The first-order valence-corrected chi connectivity index (χ1v) is 8.57. The molecule has 0 saturated heterocycles. The van der Waals surface area contributed by atoms with Gasteiger partial charge >= 0.3 is 0 Å². The molecule has 0 heterocycles. The Kier molecular flexibility index (Phi) is 3.71. The van der Waals surface area contributed by atoms with Crippen molar-refractivity contribution >= 4 is 17.0 Å². The number of hydrogen-bond donors (Lipinski definition) is 1. The van der Waals surface area contributed by atoms with Crippen molar-refractivity contribution in [3.8, 4) is 0 Å². The lowest BCUT2D eigenvalue weighted by Gasteiger charge is -2.22. The van der Waals surface area contributed by atoms with Crippen LogP contribution in [0.1, 0.15) is 43.6 Å². The third-order valence-electron chi connectivity index (χ3n) is 5.27. The van der Waals surface area contributed by atoms with Crippen molar-refractivity contribution in [3.63, 3.8) is 0 Å². The van der Waals surface area contributed by atoms with Crippen LogP contribution in [0.3, 0.4) is 0 Å². The Morgan fingerprint density at radius 1 is 0.955 bits per heavy atom. The maximum absolute atomic E-state index is 5.96. The second-order valence-electron chi connectivity index (χ2n) is 6.98. The maximum atomic E-state index is 5.96. The monoisotopic (exact) mass is 292 g/mol.